The van der Waals surface area contributed by atoms with E-state index in [1.165, 1.54) is 10.4 Å². The van der Waals surface area contributed by atoms with Gasteiger partial charge < -0.3 is 5.32 Å². The quantitative estimate of drug-likeness (QED) is 0.867. The van der Waals surface area contributed by atoms with Gasteiger partial charge in [-0.25, -0.2) is 0 Å². The molecule has 1 nitrogen and oxygen atoms in total. The van der Waals surface area contributed by atoms with E-state index in [2.05, 4.69) is 5.32 Å². The first-order valence-corrected chi connectivity index (χ1v) is 6.73. The zero-order valence-corrected chi connectivity index (χ0v) is 10.5. The van der Waals surface area contributed by atoms with Gasteiger partial charge in [-0.05, 0) is 43.2 Å². The zero-order chi connectivity index (χ0) is 12.5. The van der Waals surface area contributed by atoms with Crippen molar-refractivity contribution in [2.45, 2.75) is 50.9 Å². The van der Waals surface area contributed by atoms with Crippen LogP contribution in [0, 0.1) is 0 Å². The van der Waals surface area contributed by atoms with Gasteiger partial charge in [0.2, 0.25) is 0 Å². The number of hydrogen-bond acceptors (Lipinski definition) is 2. The Morgan fingerprint density at radius 1 is 1.53 bits per heavy atom. The predicted molar refractivity (Wildman–Crippen MR) is 63.3 cm³/mol. The summed E-state index contributed by atoms with van der Waals surface area (Å²) in [7, 11) is 0. The lowest BCUT2D eigenvalue weighted by atomic mass is 9.93. The molecule has 0 bridgehead atoms. The van der Waals surface area contributed by atoms with Gasteiger partial charge in [0.15, 0.2) is 0 Å². The van der Waals surface area contributed by atoms with Gasteiger partial charge in [0.1, 0.15) is 0 Å². The SMILES string of the molecule is CC(CC(F)(F)F)NC1CCCc2sccc21. The van der Waals surface area contributed by atoms with Gasteiger partial charge in [0, 0.05) is 17.0 Å². The highest BCUT2D eigenvalue weighted by atomic mass is 32.1. The topological polar surface area (TPSA) is 12.0 Å². The number of aryl methyl sites for hydroxylation is 1. The third-order valence-electron chi connectivity index (χ3n) is 3.08. The van der Waals surface area contributed by atoms with E-state index in [0.29, 0.717) is 0 Å². The first-order chi connectivity index (χ1) is 7.96. The van der Waals surface area contributed by atoms with Crippen molar-refractivity contribution < 1.29 is 13.2 Å². The van der Waals surface area contributed by atoms with Crippen LogP contribution in [0.1, 0.15) is 42.7 Å². The van der Waals surface area contributed by atoms with Crippen LogP contribution in [0.15, 0.2) is 11.4 Å². The van der Waals surface area contributed by atoms with Crippen LogP contribution in [0.5, 0.6) is 0 Å². The number of nitrogens with one attached hydrogen (secondary N) is 1. The van der Waals surface area contributed by atoms with Crippen molar-refractivity contribution in [1.82, 2.24) is 5.32 Å². The molecule has 1 aliphatic carbocycles. The van der Waals surface area contributed by atoms with E-state index in [1.54, 1.807) is 18.3 Å². The molecule has 0 amide bonds. The summed E-state index contributed by atoms with van der Waals surface area (Å²) in [4.78, 5) is 1.33. The van der Waals surface area contributed by atoms with Gasteiger partial charge in [-0.3, -0.25) is 0 Å². The van der Waals surface area contributed by atoms with Crippen LogP contribution in [0.2, 0.25) is 0 Å². The zero-order valence-electron chi connectivity index (χ0n) is 9.68. The van der Waals surface area contributed by atoms with Crippen LogP contribution in [0.25, 0.3) is 0 Å². The standard InChI is InChI=1S/C12H16F3NS/c1-8(7-12(13,14)15)16-10-3-2-4-11-9(10)5-6-17-11/h5-6,8,10,16H,2-4,7H2,1H3. The highest BCUT2D eigenvalue weighted by Crippen LogP contribution is 2.34. The highest BCUT2D eigenvalue weighted by molar-refractivity contribution is 7.10. The van der Waals surface area contributed by atoms with Gasteiger partial charge in [-0.2, -0.15) is 13.2 Å². The first-order valence-electron chi connectivity index (χ1n) is 5.85. The Morgan fingerprint density at radius 2 is 2.29 bits per heavy atom. The number of alkyl halides is 3. The van der Waals surface area contributed by atoms with Gasteiger partial charge >= 0.3 is 6.18 Å². The molecule has 5 heteroatoms. The average molecular weight is 263 g/mol. The Morgan fingerprint density at radius 3 is 3.00 bits per heavy atom. The average Bonchev–Trinajstić information content (AvgIpc) is 2.63. The minimum Gasteiger partial charge on any atom is -0.307 e. The largest absolute Gasteiger partial charge is 0.390 e. The fourth-order valence-corrected chi connectivity index (χ4v) is 3.40. The van der Waals surface area contributed by atoms with Crippen molar-refractivity contribution in [1.29, 1.82) is 0 Å². The van der Waals surface area contributed by atoms with Crippen molar-refractivity contribution in [3.8, 4) is 0 Å². The molecule has 96 valence electrons. The molecule has 0 fully saturated rings. The minimum absolute atomic E-state index is 0.0994. The second-order valence-corrected chi connectivity index (χ2v) is 5.63. The van der Waals surface area contributed by atoms with Crippen LogP contribution in [0.3, 0.4) is 0 Å². The number of rotatable bonds is 3. The lowest BCUT2D eigenvalue weighted by Gasteiger charge is -2.27. The summed E-state index contributed by atoms with van der Waals surface area (Å²) in [6, 6.07) is 1.62. The molecule has 1 aromatic heterocycles. The maximum Gasteiger partial charge on any atom is 0.390 e. The van der Waals surface area contributed by atoms with Crippen molar-refractivity contribution in [3.05, 3.63) is 21.9 Å². The summed E-state index contributed by atoms with van der Waals surface area (Å²) in [6.45, 7) is 1.61. The Hall–Kier alpha value is -0.550. The van der Waals surface area contributed by atoms with Gasteiger partial charge in [-0.1, -0.05) is 0 Å². The molecule has 1 aliphatic rings. The van der Waals surface area contributed by atoms with Crippen LogP contribution < -0.4 is 5.32 Å². The lowest BCUT2D eigenvalue weighted by molar-refractivity contribution is -0.139. The normalized spacial score (nSPS) is 22.2. The molecule has 0 saturated carbocycles. The molecular formula is C12H16F3NS. The van der Waals surface area contributed by atoms with Gasteiger partial charge in [-0.15, -0.1) is 11.3 Å². The third kappa shape index (κ3) is 3.45. The minimum atomic E-state index is -4.08. The van der Waals surface area contributed by atoms with E-state index < -0.39 is 18.6 Å². The molecular weight excluding hydrogens is 247 g/mol. The Kier molecular flexibility index (Phi) is 3.78. The molecule has 1 heterocycles. The third-order valence-corrected chi connectivity index (χ3v) is 4.07. The fourth-order valence-electron chi connectivity index (χ4n) is 2.41. The molecule has 2 atom stereocenters. The molecule has 2 rings (SSSR count). The van der Waals surface area contributed by atoms with E-state index in [0.717, 1.165) is 19.3 Å². The molecule has 1 aromatic rings. The summed E-state index contributed by atoms with van der Waals surface area (Å²) in [5, 5.41) is 5.13. The monoisotopic (exact) mass is 263 g/mol. The van der Waals surface area contributed by atoms with Crippen molar-refractivity contribution in [2.24, 2.45) is 0 Å². The van der Waals surface area contributed by atoms with Crippen molar-refractivity contribution >= 4 is 11.3 Å². The molecule has 1 N–H and O–H groups in total. The van der Waals surface area contributed by atoms with E-state index in [4.69, 9.17) is 0 Å². The van der Waals surface area contributed by atoms with E-state index in [1.807, 2.05) is 11.4 Å². The van der Waals surface area contributed by atoms with E-state index >= 15 is 0 Å². The molecule has 2 unspecified atom stereocenters. The number of thiophene rings is 1. The predicted octanol–water partition coefficient (Wildman–Crippen LogP) is 4.06. The molecule has 0 aromatic carbocycles. The van der Waals surface area contributed by atoms with Gasteiger partial charge in [0.05, 0.1) is 6.42 Å². The molecule has 0 aliphatic heterocycles. The highest BCUT2D eigenvalue weighted by Gasteiger charge is 2.31. The summed E-state index contributed by atoms with van der Waals surface area (Å²) in [5.74, 6) is 0. The summed E-state index contributed by atoms with van der Waals surface area (Å²) < 4.78 is 36.8. The smallest absolute Gasteiger partial charge is 0.307 e. The van der Waals surface area contributed by atoms with E-state index in [-0.39, 0.29) is 6.04 Å². The number of fused-ring (bicyclic) bond motifs is 1. The first kappa shape index (κ1) is 12.9. The summed E-state index contributed by atoms with van der Waals surface area (Å²) in [6.07, 6.45) is -1.78. The van der Waals surface area contributed by atoms with Crippen LogP contribution >= 0.6 is 11.3 Å². The molecule has 17 heavy (non-hydrogen) atoms. The maximum atomic E-state index is 12.3. The summed E-state index contributed by atoms with van der Waals surface area (Å²) >= 11 is 1.71. The summed E-state index contributed by atoms with van der Waals surface area (Å²) in [5.41, 5.74) is 1.20. The van der Waals surface area contributed by atoms with E-state index in [9.17, 15) is 13.2 Å². The van der Waals surface area contributed by atoms with Crippen LogP contribution in [-0.2, 0) is 6.42 Å². The maximum absolute atomic E-state index is 12.3. The Labute approximate surface area is 103 Å². The van der Waals surface area contributed by atoms with Crippen LogP contribution in [-0.4, -0.2) is 12.2 Å². The second kappa shape index (κ2) is 4.98. The number of hydrogen-bond donors (Lipinski definition) is 1. The fraction of sp³-hybridized carbons (Fsp3) is 0.667. The van der Waals surface area contributed by atoms with Crippen molar-refractivity contribution in [2.75, 3.05) is 0 Å². The van der Waals surface area contributed by atoms with Gasteiger partial charge in [0.25, 0.3) is 0 Å². The van der Waals surface area contributed by atoms with Crippen LogP contribution in [0.4, 0.5) is 13.2 Å². The molecule has 0 radical (unpaired) electrons. The molecule has 0 spiro atoms. The Balaban J connectivity index is 1.97. The molecule has 0 saturated heterocycles. The van der Waals surface area contributed by atoms with Crippen molar-refractivity contribution in [3.63, 3.8) is 0 Å². The second-order valence-electron chi connectivity index (χ2n) is 4.63. The number of halogens is 3. The lowest BCUT2D eigenvalue weighted by Crippen LogP contribution is -2.35. The Bertz CT molecular complexity index is 372.